The molecule has 94 valence electrons. The molecule has 1 aromatic rings. The highest BCUT2D eigenvalue weighted by Crippen LogP contribution is 2.18. The fourth-order valence-electron chi connectivity index (χ4n) is 1.37. The maximum atomic E-state index is 12.0. The lowest BCUT2D eigenvalue weighted by Gasteiger charge is -2.20. The van der Waals surface area contributed by atoms with Gasteiger partial charge in [0.2, 0.25) is 0 Å². The molecular formula is C13H17BrINO. The minimum atomic E-state index is 0.000987. The number of nitrogens with one attached hydrogen (secondary N) is 1. The highest BCUT2D eigenvalue weighted by atomic mass is 127. The van der Waals surface area contributed by atoms with Crippen LogP contribution in [0.2, 0.25) is 0 Å². The van der Waals surface area contributed by atoms with E-state index < -0.39 is 0 Å². The molecule has 0 saturated carbocycles. The molecular weight excluding hydrogens is 393 g/mol. The van der Waals surface area contributed by atoms with Crippen molar-refractivity contribution in [1.29, 1.82) is 0 Å². The van der Waals surface area contributed by atoms with E-state index in [2.05, 4.69) is 57.7 Å². The van der Waals surface area contributed by atoms with Gasteiger partial charge in [-0.05, 0) is 30.5 Å². The summed E-state index contributed by atoms with van der Waals surface area (Å²) in [6.07, 6.45) is 0. The molecule has 2 nitrogen and oxygen atoms in total. The van der Waals surface area contributed by atoms with Crippen molar-refractivity contribution in [3.63, 3.8) is 0 Å². The number of halogens is 2. The zero-order valence-electron chi connectivity index (χ0n) is 10.3. The van der Waals surface area contributed by atoms with Crippen LogP contribution in [0.15, 0.2) is 22.7 Å². The Labute approximate surface area is 125 Å². The van der Waals surface area contributed by atoms with Crippen LogP contribution in [0.3, 0.4) is 0 Å². The lowest BCUT2D eigenvalue weighted by atomic mass is 10.1. The van der Waals surface area contributed by atoms with E-state index in [0.29, 0.717) is 11.5 Å². The Morgan fingerprint density at radius 1 is 1.47 bits per heavy atom. The van der Waals surface area contributed by atoms with Crippen LogP contribution in [0.1, 0.15) is 29.8 Å². The van der Waals surface area contributed by atoms with Gasteiger partial charge in [-0.3, -0.25) is 4.79 Å². The molecule has 1 aromatic carbocycles. The standard InChI is InChI=1S/C13H17BrINO/c1-8(2)12(7-15)16-13(17)10-5-4-9(3)11(14)6-10/h4-6,8,12H,7H2,1-3H3,(H,16,17). The third-order valence-electron chi connectivity index (χ3n) is 2.72. The van der Waals surface area contributed by atoms with Crippen LogP contribution in [0.5, 0.6) is 0 Å². The summed E-state index contributed by atoms with van der Waals surface area (Å²) in [5.41, 5.74) is 1.84. The Hall–Kier alpha value is -0.100. The summed E-state index contributed by atoms with van der Waals surface area (Å²) in [5, 5.41) is 3.06. The van der Waals surface area contributed by atoms with Gasteiger partial charge in [-0.25, -0.2) is 0 Å². The van der Waals surface area contributed by atoms with E-state index in [4.69, 9.17) is 0 Å². The third kappa shape index (κ3) is 4.25. The quantitative estimate of drug-likeness (QED) is 0.592. The topological polar surface area (TPSA) is 29.1 Å². The van der Waals surface area contributed by atoms with Crippen LogP contribution in [0.4, 0.5) is 0 Å². The van der Waals surface area contributed by atoms with Gasteiger partial charge in [0.1, 0.15) is 0 Å². The molecule has 0 aliphatic rings. The van der Waals surface area contributed by atoms with Crippen LogP contribution < -0.4 is 5.32 Å². The minimum absolute atomic E-state index is 0.000987. The van der Waals surface area contributed by atoms with Crippen molar-refractivity contribution in [2.45, 2.75) is 26.8 Å². The first-order valence-corrected chi connectivity index (χ1v) is 7.90. The van der Waals surface area contributed by atoms with Gasteiger partial charge in [-0.1, -0.05) is 58.4 Å². The second kappa shape index (κ2) is 6.73. The summed E-state index contributed by atoms with van der Waals surface area (Å²) in [7, 11) is 0. The fourth-order valence-corrected chi connectivity index (χ4v) is 2.99. The zero-order chi connectivity index (χ0) is 13.0. The second-order valence-corrected chi connectivity index (χ2v) is 6.18. The Balaban J connectivity index is 2.79. The minimum Gasteiger partial charge on any atom is -0.348 e. The van der Waals surface area contributed by atoms with Crippen LogP contribution >= 0.6 is 38.5 Å². The number of amides is 1. The van der Waals surface area contributed by atoms with E-state index in [1.807, 2.05) is 25.1 Å². The number of hydrogen-bond donors (Lipinski definition) is 1. The molecule has 0 heterocycles. The van der Waals surface area contributed by atoms with Gasteiger partial charge in [0, 0.05) is 20.5 Å². The molecule has 0 aromatic heterocycles. The van der Waals surface area contributed by atoms with Crippen molar-refractivity contribution < 1.29 is 4.79 Å². The monoisotopic (exact) mass is 409 g/mol. The summed E-state index contributed by atoms with van der Waals surface area (Å²) in [5.74, 6) is 0.450. The normalized spacial score (nSPS) is 12.6. The molecule has 1 N–H and O–H groups in total. The van der Waals surface area contributed by atoms with E-state index in [9.17, 15) is 4.79 Å². The maximum absolute atomic E-state index is 12.0. The summed E-state index contributed by atoms with van der Waals surface area (Å²) >= 11 is 5.75. The van der Waals surface area contributed by atoms with Crippen molar-refractivity contribution in [2.24, 2.45) is 5.92 Å². The maximum Gasteiger partial charge on any atom is 0.251 e. The first kappa shape index (κ1) is 15.0. The molecule has 0 bridgehead atoms. The van der Waals surface area contributed by atoms with Crippen molar-refractivity contribution in [1.82, 2.24) is 5.32 Å². The van der Waals surface area contributed by atoms with Crippen LogP contribution in [0.25, 0.3) is 0 Å². The van der Waals surface area contributed by atoms with Crippen LogP contribution in [0, 0.1) is 12.8 Å². The number of rotatable bonds is 4. The molecule has 0 radical (unpaired) electrons. The Morgan fingerprint density at radius 3 is 2.59 bits per heavy atom. The van der Waals surface area contributed by atoms with Gasteiger partial charge in [-0.15, -0.1) is 0 Å². The predicted molar refractivity (Wildman–Crippen MR) is 83.9 cm³/mol. The summed E-state index contributed by atoms with van der Waals surface area (Å²) in [4.78, 5) is 12.0. The zero-order valence-corrected chi connectivity index (χ0v) is 14.0. The van der Waals surface area contributed by atoms with Crippen molar-refractivity contribution in [2.75, 3.05) is 4.43 Å². The van der Waals surface area contributed by atoms with E-state index in [0.717, 1.165) is 14.5 Å². The Morgan fingerprint density at radius 2 is 2.12 bits per heavy atom. The molecule has 0 aliphatic heterocycles. The van der Waals surface area contributed by atoms with E-state index >= 15 is 0 Å². The molecule has 0 spiro atoms. The van der Waals surface area contributed by atoms with Gasteiger partial charge in [0.05, 0.1) is 0 Å². The highest BCUT2D eigenvalue weighted by molar-refractivity contribution is 14.1. The molecule has 0 aliphatic carbocycles. The third-order valence-corrected chi connectivity index (χ3v) is 4.52. The fraction of sp³-hybridized carbons (Fsp3) is 0.462. The molecule has 17 heavy (non-hydrogen) atoms. The number of aryl methyl sites for hydroxylation is 1. The van der Waals surface area contributed by atoms with E-state index in [1.54, 1.807) is 0 Å². The lowest BCUT2D eigenvalue weighted by Crippen LogP contribution is -2.39. The van der Waals surface area contributed by atoms with Crippen molar-refractivity contribution in [3.05, 3.63) is 33.8 Å². The first-order valence-electron chi connectivity index (χ1n) is 5.58. The highest BCUT2D eigenvalue weighted by Gasteiger charge is 2.16. The summed E-state index contributed by atoms with van der Waals surface area (Å²) in [6, 6.07) is 5.91. The van der Waals surface area contributed by atoms with Crippen LogP contribution in [-0.4, -0.2) is 16.4 Å². The smallest absolute Gasteiger partial charge is 0.251 e. The number of hydrogen-bond acceptors (Lipinski definition) is 1. The molecule has 4 heteroatoms. The Kier molecular flexibility index (Phi) is 5.92. The first-order chi connectivity index (χ1) is 7.95. The average Bonchev–Trinajstić information content (AvgIpc) is 2.28. The van der Waals surface area contributed by atoms with E-state index in [1.165, 1.54) is 0 Å². The van der Waals surface area contributed by atoms with Crippen molar-refractivity contribution in [3.8, 4) is 0 Å². The molecule has 1 unspecified atom stereocenters. The van der Waals surface area contributed by atoms with Gasteiger partial charge in [0.15, 0.2) is 0 Å². The second-order valence-electron chi connectivity index (χ2n) is 4.44. The molecule has 1 rings (SSSR count). The van der Waals surface area contributed by atoms with Crippen LogP contribution in [-0.2, 0) is 0 Å². The van der Waals surface area contributed by atoms with Gasteiger partial charge < -0.3 is 5.32 Å². The van der Waals surface area contributed by atoms with Gasteiger partial charge in [0.25, 0.3) is 5.91 Å². The van der Waals surface area contributed by atoms with Gasteiger partial charge in [-0.2, -0.15) is 0 Å². The number of carbonyl (C=O) groups excluding carboxylic acids is 1. The van der Waals surface area contributed by atoms with Gasteiger partial charge >= 0.3 is 0 Å². The summed E-state index contributed by atoms with van der Waals surface area (Å²) < 4.78 is 1.90. The predicted octanol–water partition coefficient (Wildman–Crippen LogP) is 3.95. The average molecular weight is 410 g/mol. The molecule has 0 saturated heterocycles. The lowest BCUT2D eigenvalue weighted by molar-refractivity contribution is 0.0932. The molecule has 0 fully saturated rings. The SMILES string of the molecule is Cc1ccc(C(=O)NC(CI)C(C)C)cc1Br. The molecule has 1 amide bonds. The molecule has 1 atom stereocenters. The summed E-state index contributed by atoms with van der Waals surface area (Å²) in [6.45, 7) is 6.25. The number of carbonyl (C=O) groups is 1. The number of alkyl halides is 1. The Bertz CT molecular complexity index is 406. The van der Waals surface area contributed by atoms with E-state index in [-0.39, 0.29) is 11.9 Å². The largest absolute Gasteiger partial charge is 0.348 e. The van der Waals surface area contributed by atoms with Crippen molar-refractivity contribution >= 4 is 44.4 Å². The number of benzene rings is 1.